The molecule has 0 spiro atoms. The quantitative estimate of drug-likeness (QED) is 0.883. The fourth-order valence-corrected chi connectivity index (χ4v) is 3.22. The van der Waals surface area contributed by atoms with Crippen LogP contribution in [0.3, 0.4) is 0 Å². The van der Waals surface area contributed by atoms with E-state index in [4.69, 9.17) is 5.73 Å². The van der Waals surface area contributed by atoms with E-state index in [0.29, 0.717) is 31.2 Å². The second kappa shape index (κ2) is 8.96. The maximum absolute atomic E-state index is 12.7. The molecule has 1 fully saturated rings. The smallest absolute Gasteiger partial charge is 0.274 e. The van der Waals surface area contributed by atoms with Gasteiger partial charge in [0.1, 0.15) is 5.69 Å². The van der Waals surface area contributed by atoms with Gasteiger partial charge in [0.2, 0.25) is 0 Å². The Bertz CT molecular complexity index is 784. The number of aromatic nitrogens is 2. The number of likely N-dealkylation sites (tertiary alicyclic amines) is 1. The molecule has 1 aromatic carbocycles. The van der Waals surface area contributed by atoms with Crippen molar-refractivity contribution in [1.29, 1.82) is 0 Å². The molecule has 0 saturated carbocycles. The minimum absolute atomic E-state index is 0. The maximum Gasteiger partial charge on any atom is 0.274 e. The summed E-state index contributed by atoms with van der Waals surface area (Å²) in [5, 5.41) is 4.29. The van der Waals surface area contributed by atoms with Gasteiger partial charge in [0.25, 0.3) is 11.5 Å². The Morgan fingerprint density at radius 2 is 1.85 bits per heavy atom. The van der Waals surface area contributed by atoms with Gasteiger partial charge in [0.05, 0.1) is 6.54 Å². The molecule has 2 heterocycles. The van der Waals surface area contributed by atoms with E-state index in [1.807, 2.05) is 37.3 Å². The van der Waals surface area contributed by atoms with E-state index in [2.05, 4.69) is 5.10 Å². The second-order valence-electron chi connectivity index (χ2n) is 6.69. The fourth-order valence-electron chi connectivity index (χ4n) is 3.22. The third-order valence-corrected chi connectivity index (χ3v) is 4.83. The fraction of sp³-hybridized carbons (Fsp3) is 0.421. The molecule has 3 rings (SSSR count). The lowest BCUT2D eigenvalue weighted by molar-refractivity contribution is 0.0672. The molecule has 1 saturated heterocycles. The maximum atomic E-state index is 12.7. The summed E-state index contributed by atoms with van der Waals surface area (Å²) in [5.74, 6) is 0.342. The van der Waals surface area contributed by atoms with Crippen molar-refractivity contribution < 1.29 is 4.79 Å². The monoisotopic (exact) mass is 376 g/mol. The van der Waals surface area contributed by atoms with Crippen LogP contribution in [0.4, 0.5) is 0 Å². The minimum Gasteiger partial charge on any atom is -0.337 e. The number of rotatable bonds is 4. The van der Waals surface area contributed by atoms with E-state index in [9.17, 15) is 9.59 Å². The van der Waals surface area contributed by atoms with Gasteiger partial charge in [-0.1, -0.05) is 30.3 Å². The van der Waals surface area contributed by atoms with Gasteiger partial charge in [0, 0.05) is 25.2 Å². The van der Waals surface area contributed by atoms with Crippen molar-refractivity contribution in [3.8, 4) is 0 Å². The first kappa shape index (κ1) is 20.1. The highest BCUT2D eigenvalue weighted by molar-refractivity contribution is 5.92. The van der Waals surface area contributed by atoms with Gasteiger partial charge in [-0.15, -0.1) is 12.4 Å². The van der Waals surface area contributed by atoms with E-state index in [1.54, 1.807) is 4.90 Å². The van der Waals surface area contributed by atoms with Gasteiger partial charge >= 0.3 is 0 Å². The largest absolute Gasteiger partial charge is 0.337 e. The lowest BCUT2D eigenvalue weighted by Gasteiger charge is -2.33. The number of carbonyl (C=O) groups is 1. The number of amides is 1. The number of nitrogens with zero attached hydrogens (tertiary/aromatic N) is 3. The van der Waals surface area contributed by atoms with E-state index in [1.165, 1.54) is 16.8 Å². The second-order valence-corrected chi connectivity index (χ2v) is 6.69. The number of carbonyl (C=O) groups excluding carboxylic acids is 1. The van der Waals surface area contributed by atoms with Crippen LogP contribution in [0.1, 0.15) is 35.8 Å². The molecule has 2 aromatic rings. The summed E-state index contributed by atoms with van der Waals surface area (Å²) >= 11 is 0. The lowest BCUT2D eigenvalue weighted by Crippen LogP contribution is -2.43. The summed E-state index contributed by atoms with van der Waals surface area (Å²) in [6.45, 7) is 3.74. The van der Waals surface area contributed by atoms with Crippen molar-refractivity contribution >= 4 is 18.3 Å². The first-order valence-electron chi connectivity index (χ1n) is 8.71. The normalized spacial score (nSPS) is 16.0. The van der Waals surface area contributed by atoms with Crippen molar-refractivity contribution in [2.45, 2.75) is 32.4 Å². The topological polar surface area (TPSA) is 81.2 Å². The Hall–Kier alpha value is -2.18. The van der Waals surface area contributed by atoms with Crippen molar-refractivity contribution in [3.05, 3.63) is 64.1 Å². The van der Waals surface area contributed by atoms with Crippen LogP contribution in [0.2, 0.25) is 0 Å². The Morgan fingerprint density at radius 3 is 2.46 bits per heavy atom. The Labute approximate surface area is 159 Å². The molecule has 140 valence electrons. The van der Waals surface area contributed by atoms with E-state index >= 15 is 0 Å². The van der Waals surface area contributed by atoms with Gasteiger partial charge in [-0.25, -0.2) is 4.68 Å². The highest BCUT2D eigenvalue weighted by atomic mass is 35.5. The zero-order valence-corrected chi connectivity index (χ0v) is 15.7. The van der Waals surface area contributed by atoms with Crippen LogP contribution in [0.5, 0.6) is 0 Å². The first-order valence-corrected chi connectivity index (χ1v) is 8.71. The van der Waals surface area contributed by atoms with Gasteiger partial charge in [0.15, 0.2) is 0 Å². The van der Waals surface area contributed by atoms with Gasteiger partial charge in [-0.3, -0.25) is 9.59 Å². The van der Waals surface area contributed by atoms with Crippen LogP contribution in [0, 0.1) is 5.92 Å². The highest BCUT2D eigenvalue weighted by Gasteiger charge is 2.26. The predicted octanol–water partition coefficient (Wildman–Crippen LogP) is 1.91. The van der Waals surface area contributed by atoms with Crippen molar-refractivity contribution in [3.63, 3.8) is 0 Å². The van der Waals surface area contributed by atoms with Crippen molar-refractivity contribution in [2.24, 2.45) is 11.7 Å². The summed E-state index contributed by atoms with van der Waals surface area (Å²) in [7, 11) is 0. The zero-order chi connectivity index (χ0) is 17.8. The molecule has 0 bridgehead atoms. The SMILES string of the molecule is CC(N)C1CCN(C(=O)c2ccc(=O)n(Cc3ccccc3)n2)CC1.Cl. The molecule has 1 aromatic heterocycles. The molecule has 2 N–H and O–H groups in total. The van der Waals surface area contributed by atoms with Gasteiger partial charge in [-0.05, 0) is 37.3 Å². The number of benzene rings is 1. The number of halogens is 1. The molecule has 1 aliphatic heterocycles. The average molecular weight is 377 g/mol. The van der Waals surface area contributed by atoms with Gasteiger partial charge in [-0.2, -0.15) is 5.10 Å². The van der Waals surface area contributed by atoms with E-state index in [0.717, 1.165) is 18.4 Å². The van der Waals surface area contributed by atoms with Gasteiger partial charge < -0.3 is 10.6 Å². The Morgan fingerprint density at radius 1 is 1.19 bits per heavy atom. The molecule has 1 atom stereocenters. The average Bonchev–Trinajstić information content (AvgIpc) is 2.64. The zero-order valence-electron chi connectivity index (χ0n) is 14.9. The van der Waals surface area contributed by atoms with Crippen LogP contribution >= 0.6 is 12.4 Å². The van der Waals surface area contributed by atoms with Crippen LogP contribution in [0.25, 0.3) is 0 Å². The standard InChI is InChI=1S/C19H24N4O2.ClH/c1-14(20)16-9-11-22(12-10-16)19(25)17-7-8-18(24)23(21-17)13-15-5-3-2-4-6-15;/h2-8,14,16H,9-13,20H2,1H3;1H. The van der Waals surface area contributed by atoms with Crippen LogP contribution < -0.4 is 11.3 Å². The summed E-state index contributed by atoms with van der Waals surface area (Å²) < 4.78 is 1.34. The van der Waals surface area contributed by atoms with Crippen LogP contribution in [0.15, 0.2) is 47.3 Å². The van der Waals surface area contributed by atoms with E-state index in [-0.39, 0.29) is 29.9 Å². The number of hydrogen-bond donors (Lipinski definition) is 1. The molecule has 0 aliphatic carbocycles. The predicted molar refractivity (Wildman–Crippen MR) is 104 cm³/mol. The molecular formula is C19H25ClN4O2. The third kappa shape index (κ3) is 4.71. The molecule has 26 heavy (non-hydrogen) atoms. The molecular weight excluding hydrogens is 352 g/mol. The molecule has 6 nitrogen and oxygen atoms in total. The summed E-state index contributed by atoms with van der Waals surface area (Å²) in [4.78, 5) is 26.6. The number of hydrogen-bond acceptors (Lipinski definition) is 4. The Kier molecular flexibility index (Phi) is 6.94. The van der Waals surface area contributed by atoms with Crippen LogP contribution in [-0.4, -0.2) is 39.7 Å². The van der Waals surface area contributed by atoms with Crippen molar-refractivity contribution in [2.75, 3.05) is 13.1 Å². The number of nitrogens with two attached hydrogens (primary N) is 1. The third-order valence-electron chi connectivity index (χ3n) is 4.83. The summed E-state index contributed by atoms with van der Waals surface area (Å²) in [6.07, 6.45) is 1.82. The molecule has 0 radical (unpaired) electrons. The molecule has 1 unspecified atom stereocenters. The summed E-state index contributed by atoms with van der Waals surface area (Å²) in [6, 6.07) is 12.7. The van der Waals surface area contributed by atoms with Crippen LogP contribution in [-0.2, 0) is 6.54 Å². The lowest BCUT2D eigenvalue weighted by atomic mass is 9.91. The molecule has 1 aliphatic rings. The van der Waals surface area contributed by atoms with Crippen molar-refractivity contribution in [1.82, 2.24) is 14.7 Å². The minimum atomic E-state index is -0.212. The molecule has 7 heteroatoms. The molecule has 1 amide bonds. The number of piperidine rings is 1. The van der Waals surface area contributed by atoms with E-state index < -0.39 is 0 Å². The summed E-state index contributed by atoms with van der Waals surface area (Å²) in [5.41, 5.74) is 7.03. The highest BCUT2D eigenvalue weighted by Crippen LogP contribution is 2.20. The first-order chi connectivity index (χ1) is 12.0. The Balaban J connectivity index is 0.00000243.